The fourth-order valence-electron chi connectivity index (χ4n) is 9.06. The van der Waals surface area contributed by atoms with Gasteiger partial charge in [0.1, 0.15) is 5.60 Å². The zero-order chi connectivity index (χ0) is 23.7. The number of aliphatic hydroxyl groups excluding tert-OH is 1. The van der Waals surface area contributed by atoms with E-state index in [1.807, 2.05) is 13.8 Å². The third kappa shape index (κ3) is 3.62. The smallest absolute Gasteiger partial charge is 0.165 e. The van der Waals surface area contributed by atoms with Crippen LogP contribution >= 0.6 is 0 Å². The first-order chi connectivity index (χ1) is 14.7. The number of fused-ring (bicyclic) bond motifs is 5. The molecule has 10 atom stereocenters. The normalized spacial score (nSPS) is 48.5. The first kappa shape index (κ1) is 24.7. The summed E-state index contributed by atoms with van der Waals surface area (Å²) < 4.78 is 0. The van der Waals surface area contributed by atoms with Gasteiger partial charge in [-0.3, -0.25) is 4.79 Å². The first-order valence-corrected chi connectivity index (χ1v) is 13.4. The fourth-order valence-corrected chi connectivity index (χ4v) is 9.06. The predicted octanol–water partition coefficient (Wildman–Crippen LogP) is 5.12. The van der Waals surface area contributed by atoms with Gasteiger partial charge in [0.05, 0.1) is 11.7 Å². The van der Waals surface area contributed by atoms with E-state index in [0.29, 0.717) is 48.3 Å². The van der Waals surface area contributed by atoms with Gasteiger partial charge in [0.2, 0.25) is 0 Å². The van der Waals surface area contributed by atoms with Crippen molar-refractivity contribution in [3.05, 3.63) is 0 Å². The summed E-state index contributed by atoms with van der Waals surface area (Å²) in [5, 5.41) is 32.1. The van der Waals surface area contributed by atoms with Crippen LogP contribution in [0.15, 0.2) is 0 Å². The Labute approximate surface area is 195 Å². The summed E-state index contributed by atoms with van der Waals surface area (Å²) in [5.74, 6) is 2.94. The van der Waals surface area contributed by atoms with Crippen molar-refractivity contribution in [3.8, 4) is 0 Å². The highest BCUT2D eigenvalue weighted by molar-refractivity contribution is 5.89. The van der Waals surface area contributed by atoms with E-state index in [1.54, 1.807) is 0 Å². The number of rotatable bonds is 5. The molecule has 0 unspecified atom stereocenters. The van der Waals surface area contributed by atoms with Gasteiger partial charge in [-0.15, -0.1) is 0 Å². The molecule has 0 aliphatic heterocycles. The predicted molar refractivity (Wildman–Crippen MR) is 127 cm³/mol. The van der Waals surface area contributed by atoms with Crippen LogP contribution in [0.1, 0.15) is 106 Å². The largest absolute Gasteiger partial charge is 0.393 e. The summed E-state index contributed by atoms with van der Waals surface area (Å²) in [6.45, 7) is 13.1. The lowest BCUT2D eigenvalue weighted by molar-refractivity contribution is -0.213. The zero-order valence-corrected chi connectivity index (χ0v) is 21.4. The van der Waals surface area contributed by atoms with Gasteiger partial charge in [0.25, 0.3) is 0 Å². The van der Waals surface area contributed by atoms with Gasteiger partial charge in [-0.2, -0.15) is 0 Å². The molecule has 0 radical (unpaired) electrons. The molecule has 4 saturated carbocycles. The number of carbonyl (C=O) groups excluding carboxylic acids is 1. The third-order valence-electron chi connectivity index (χ3n) is 11.6. The standard InChI is InChI=1S/C28H48O4/c1-17(7-8-18(2)25(3,4)31)21-9-10-22-20-15-24(30)28(32)16-19(29)11-14-27(28,6)23(20)12-13-26(21,22)5/h17-23,29,31-32H,7-16H2,1-6H3/t17-,18+,19+,20+,21-,22+,23+,26-,27-,28+/m1/s1. The molecule has 4 fully saturated rings. The average Bonchev–Trinajstić information content (AvgIpc) is 3.05. The Bertz CT molecular complexity index is 727. The fraction of sp³-hybridized carbons (Fsp3) is 0.964. The van der Waals surface area contributed by atoms with Crippen LogP contribution in [0.4, 0.5) is 0 Å². The summed E-state index contributed by atoms with van der Waals surface area (Å²) in [6.07, 6.45) is 8.60. The zero-order valence-electron chi connectivity index (χ0n) is 21.4. The van der Waals surface area contributed by atoms with Crippen molar-refractivity contribution in [2.45, 2.75) is 123 Å². The molecule has 0 aromatic heterocycles. The minimum atomic E-state index is -1.34. The van der Waals surface area contributed by atoms with Gasteiger partial charge in [-0.05, 0) is 99.7 Å². The molecule has 0 heterocycles. The van der Waals surface area contributed by atoms with E-state index in [2.05, 4.69) is 27.7 Å². The summed E-state index contributed by atoms with van der Waals surface area (Å²) in [7, 11) is 0. The van der Waals surface area contributed by atoms with Crippen LogP contribution < -0.4 is 0 Å². The molecule has 4 rings (SSSR count). The Hall–Kier alpha value is -0.450. The van der Waals surface area contributed by atoms with Crippen LogP contribution in [-0.4, -0.2) is 38.4 Å². The van der Waals surface area contributed by atoms with Crippen molar-refractivity contribution in [1.29, 1.82) is 0 Å². The quantitative estimate of drug-likeness (QED) is 0.545. The van der Waals surface area contributed by atoms with E-state index in [-0.39, 0.29) is 23.0 Å². The van der Waals surface area contributed by atoms with Crippen LogP contribution in [0, 0.1) is 46.3 Å². The highest BCUT2D eigenvalue weighted by Crippen LogP contribution is 2.68. The maximum atomic E-state index is 13.4. The molecule has 0 spiro atoms. The Morgan fingerprint density at radius 3 is 2.38 bits per heavy atom. The molecule has 184 valence electrons. The summed E-state index contributed by atoms with van der Waals surface area (Å²) in [5.41, 5.74) is -2.07. The minimum Gasteiger partial charge on any atom is -0.393 e. The van der Waals surface area contributed by atoms with Crippen molar-refractivity contribution < 1.29 is 20.1 Å². The van der Waals surface area contributed by atoms with E-state index in [4.69, 9.17) is 0 Å². The molecule has 4 aliphatic rings. The van der Waals surface area contributed by atoms with Gasteiger partial charge in [0, 0.05) is 18.3 Å². The number of carbonyl (C=O) groups is 1. The summed E-state index contributed by atoms with van der Waals surface area (Å²) in [6, 6.07) is 0. The Morgan fingerprint density at radius 1 is 1.03 bits per heavy atom. The third-order valence-corrected chi connectivity index (χ3v) is 11.6. The lowest BCUT2D eigenvalue weighted by Crippen LogP contribution is -2.67. The maximum absolute atomic E-state index is 13.4. The highest BCUT2D eigenvalue weighted by Gasteiger charge is 2.67. The first-order valence-electron chi connectivity index (χ1n) is 13.4. The highest BCUT2D eigenvalue weighted by atomic mass is 16.3. The van der Waals surface area contributed by atoms with E-state index < -0.39 is 17.3 Å². The van der Waals surface area contributed by atoms with Gasteiger partial charge >= 0.3 is 0 Å². The molecule has 0 aromatic carbocycles. The van der Waals surface area contributed by atoms with Crippen LogP contribution in [0.3, 0.4) is 0 Å². The SMILES string of the molecule is C[C@H](CC[C@H](C)C(C)(C)O)[C@H]1CC[C@H]2[C@@H]3CC(=O)[C@@]4(O)C[C@@H](O)CC[C@]4(C)[C@H]3CC[C@]12C. The number of aliphatic hydroxyl groups is 3. The molecule has 4 heteroatoms. The van der Waals surface area contributed by atoms with E-state index >= 15 is 0 Å². The van der Waals surface area contributed by atoms with Crippen LogP contribution in [0.25, 0.3) is 0 Å². The maximum Gasteiger partial charge on any atom is 0.165 e. The molecule has 3 N–H and O–H groups in total. The van der Waals surface area contributed by atoms with Crippen molar-refractivity contribution in [2.75, 3.05) is 0 Å². The molecule has 0 saturated heterocycles. The van der Waals surface area contributed by atoms with Crippen molar-refractivity contribution >= 4 is 5.78 Å². The second-order valence-corrected chi connectivity index (χ2v) is 13.5. The van der Waals surface area contributed by atoms with Gasteiger partial charge in [0.15, 0.2) is 5.78 Å². The minimum absolute atomic E-state index is 0.000231. The van der Waals surface area contributed by atoms with Crippen LogP contribution in [-0.2, 0) is 4.79 Å². The Balaban J connectivity index is 1.52. The molecule has 4 nitrogen and oxygen atoms in total. The van der Waals surface area contributed by atoms with E-state index in [0.717, 1.165) is 25.7 Å². The summed E-state index contributed by atoms with van der Waals surface area (Å²) in [4.78, 5) is 13.4. The lowest BCUT2D eigenvalue weighted by atomic mass is 9.42. The van der Waals surface area contributed by atoms with Crippen molar-refractivity contribution in [2.24, 2.45) is 46.3 Å². The number of hydrogen-bond acceptors (Lipinski definition) is 4. The van der Waals surface area contributed by atoms with Gasteiger partial charge in [-0.25, -0.2) is 0 Å². The van der Waals surface area contributed by atoms with Crippen molar-refractivity contribution in [1.82, 2.24) is 0 Å². The second-order valence-electron chi connectivity index (χ2n) is 13.5. The average molecular weight is 449 g/mol. The Kier molecular flexibility index (Phi) is 6.21. The lowest BCUT2D eigenvalue weighted by Gasteiger charge is -2.63. The van der Waals surface area contributed by atoms with E-state index in [1.165, 1.54) is 19.3 Å². The molecular weight excluding hydrogens is 400 g/mol. The molecule has 0 bridgehead atoms. The van der Waals surface area contributed by atoms with E-state index in [9.17, 15) is 20.1 Å². The molecular formula is C28H48O4. The molecule has 4 aliphatic carbocycles. The monoisotopic (exact) mass is 448 g/mol. The number of hydrogen-bond donors (Lipinski definition) is 3. The number of Topliss-reactive ketones (excluding diaryl/α,β-unsaturated/α-hetero) is 1. The van der Waals surface area contributed by atoms with Crippen LogP contribution in [0.2, 0.25) is 0 Å². The molecule has 0 aromatic rings. The van der Waals surface area contributed by atoms with Gasteiger partial charge < -0.3 is 15.3 Å². The second kappa shape index (κ2) is 8.05. The van der Waals surface area contributed by atoms with Crippen LogP contribution in [0.5, 0.6) is 0 Å². The number of ketones is 1. The molecule has 32 heavy (non-hydrogen) atoms. The topological polar surface area (TPSA) is 77.8 Å². The Morgan fingerprint density at radius 2 is 1.72 bits per heavy atom. The summed E-state index contributed by atoms with van der Waals surface area (Å²) >= 11 is 0. The molecule has 0 amide bonds. The van der Waals surface area contributed by atoms with Crippen molar-refractivity contribution in [3.63, 3.8) is 0 Å². The van der Waals surface area contributed by atoms with Gasteiger partial charge in [-0.1, -0.05) is 34.1 Å².